The van der Waals surface area contributed by atoms with E-state index in [1.54, 1.807) is 0 Å². The maximum atomic E-state index is 11.2. The minimum atomic E-state index is -0.583. The SMILES string of the molecule is Cc1csc(Nc2ncc(N)cc2C(N)=O)n1. The minimum absolute atomic E-state index is 0.248. The lowest BCUT2D eigenvalue weighted by Crippen LogP contribution is -2.14. The van der Waals surface area contributed by atoms with E-state index in [2.05, 4.69) is 15.3 Å². The van der Waals surface area contributed by atoms with Crippen molar-refractivity contribution in [1.29, 1.82) is 0 Å². The Morgan fingerprint density at radius 1 is 1.53 bits per heavy atom. The zero-order valence-electron chi connectivity index (χ0n) is 9.10. The highest BCUT2D eigenvalue weighted by atomic mass is 32.1. The fraction of sp³-hybridized carbons (Fsp3) is 0.100. The van der Waals surface area contributed by atoms with Crippen molar-refractivity contribution < 1.29 is 4.79 Å². The van der Waals surface area contributed by atoms with Crippen LogP contribution in [-0.2, 0) is 0 Å². The summed E-state index contributed by atoms with van der Waals surface area (Å²) in [6.07, 6.45) is 1.45. The second-order valence-electron chi connectivity index (χ2n) is 3.45. The first-order valence-electron chi connectivity index (χ1n) is 4.81. The number of hydrogen-bond donors (Lipinski definition) is 3. The third kappa shape index (κ3) is 2.51. The lowest BCUT2D eigenvalue weighted by Gasteiger charge is -2.06. The largest absolute Gasteiger partial charge is 0.397 e. The summed E-state index contributed by atoms with van der Waals surface area (Å²) in [5.74, 6) is -0.221. The Labute approximate surface area is 102 Å². The molecule has 0 atom stereocenters. The first-order chi connectivity index (χ1) is 8.06. The van der Waals surface area contributed by atoms with E-state index in [4.69, 9.17) is 11.5 Å². The van der Waals surface area contributed by atoms with Gasteiger partial charge in [0.25, 0.3) is 5.91 Å². The van der Waals surface area contributed by atoms with Gasteiger partial charge in [0.1, 0.15) is 5.82 Å². The number of pyridine rings is 1. The highest BCUT2D eigenvalue weighted by Crippen LogP contribution is 2.22. The number of hydrogen-bond acceptors (Lipinski definition) is 6. The lowest BCUT2D eigenvalue weighted by atomic mass is 10.2. The van der Waals surface area contributed by atoms with Crippen LogP contribution in [-0.4, -0.2) is 15.9 Å². The second kappa shape index (κ2) is 4.38. The fourth-order valence-corrected chi connectivity index (χ4v) is 1.97. The van der Waals surface area contributed by atoms with Crippen molar-refractivity contribution in [2.45, 2.75) is 6.92 Å². The molecule has 0 spiro atoms. The van der Waals surface area contributed by atoms with Gasteiger partial charge in [-0.1, -0.05) is 0 Å². The Hall–Kier alpha value is -2.15. The van der Waals surface area contributed by atoms with E-state index in [-0.39, 0.29) is 5.56 Å². The average molecular weight is 249 g/mol. The van der Waals surface area contributed by atoms with Gasteiger partial charge >= 0.3 is 0 Å². The van der Waals surface area contributed by atoms with E-state index in [9.17, 15) is 4.79 Å². The van der Waals surface area contributed by atoms with Gasteiger partial charge < -0.3 is 16.8 Å². The van der Waals surface area contributed by atoms with Gasteiger partial charge in [-0.15, -0.1) is 11.3 Å². The van der Waals surface area contributed by atoms with Gasteiger partial charge in [-0.3, -0.25) is 4.79 Å². The van der Waals surface area contributed by atoms with Crippen LogP contribution in [0.2, 0.25) is 0 Å². The Bertz CT molecular complexity index is 566. The molecule has 0 unspecified atom stereocenters. The van der Waals surface area contributed by atoms with Crippen molar-refractivity contribution in [2.24, 2.45) is 5.73 Å². The summed E-state index contributed by atoms with van der Waals surface area (Å²) in [4.78, 5) is 19.5. The van der Waals surface area contributed by atoms with Crippen LogP contribution in [0.15, 0.2) is 17.6 Å². The number of nitrogens with one attached hydrogen (secondary N) is 1. The van der Waals surface area contributed by atoms with Crippen LogP contribution < -0.4 is 16.8 Å². The number of thiazole rings is 1. The molecule has 6 nitrogen and oxygen atoms in total. The fourth-order valence-electron chi connectivity index (χ4n) is 1.28. The summed E-state index contributed by atoms with van der Waals surface area (Å²) in [5.41, 5.74) is 12.3. The number of aryl methyl sites for hydroxylation is 1. The van der Waals surface area contributed by atoms with Crippen LogP contribution >= 0.6 is 11.3 Å². The first kappa shape index (κ1) is 11.3. The van der Waals surface area contributed by atoms with Crippen LogP contribution in [0.4, 0.5) is 16.6 Å². The number of carbonyl (C=O) groups is 1. The summed E-state index contributed by atoms with van der Waals surface area (Å²) in [6, 6.07) is 1.48. The third-order valence-corrected chi connectivity index (χ3v) is 2.89. The monoisotopic (exact) mass is 249 g/mol. The molecule has 2 aromatic rings. The van der Waals surface area contributed by atoms with Crippen LogP contribution in [0.5, 0.6) is 0 Å². The number of aromatic nitrogens is 2. The summed E-state index contributed by atoms with van der Waals surface area (Å²) < 4.78 is 0. The van der Waals surface area contributed by atoms with E-state index in [0.717, 1.165) is 5.69 Å². The normalized spacial score (nSPS) is 10.2. The van der Waals surface area contributed by atoms with Crippen molar-refractivity contribution in [2.75, 3.05) is 11.1 Å². The number of nitrogen functional groups attached to an aromatic ring is 1. The van der Waals surface area contributed by atoms with Crippen molar-refractivity contribution in [3.8, 4) is 0 Å². The molecule has 0 bridgehead atoms. The molecule has 5 N–H and O–H groups in total. The summed E-state index contributed by atoms with van der Waals surface area (Å²) in [5, 5.41) is 5.49. The number of anilines is 3. The van der Waals surface area contributed by atoms with E-state index in [0.29, 0.717) is 16.6 Å². The predicted octanol–water partition coefficient (Wildman–Crippen LogP) is 1.27. The van der Waals surface area contributed by atoms with Crippen molar-refractivity contribution in [1.82, 2.24) is 9.97 Å². The number of nitrogens with zero attached hydrogens (tertiary/aromatic N) is 2. The molecule has 2 heterocycles. The van der Waals surface area contributed by atoms with Gasteiger partial charge in [0.05, 0.1) is 23.1 Å². The van der Waals surface area contributed by atoms with Gasteiger partial charge in [-0.05, 0) is 13.0 Å². The first-order valence-corrected chi connectivity index (χ1v) is 5.68. The van der Waals surface area contributed by atoms with Gasteiger partial charge in [0.2, 0.25) is 0 Å². The molecule has 0 aliphatic carbocycles. The van der Waals surface area contributed by atoms with Crippen molar-refractivity contribution >= 4 is 33.9 Å². The van der Waals surface area contributed by atoms with Gasteiger partial charge in [0.15, 0.2) is 5.13 Å². The van der Waals surface area contributed by atoms with Crippen LogP contribution in [0.3, 0.4) is 0 Å². The molecule has 1 amide bonds. The summed E-state index contributed by atoms with van der Waals surface area (Å²) in [6.45, 7) is 1.88. The number of primary amides is 1. The van der Waals surface area contributed by atoms with Crippen LogP contribution in [0, 0.1) is 6.92 Å². The van der Waals surface area contributed by atoms with E-state index >= 15 is 0 Å². The molecule has 0 aliphatic rings. The molecule has 0 aromatic carbocycles. The predicted molar refractivity (Wildman–Crippen MR) is 67.3 cm³/mol. The van der Waals surface area contributed by atoms with E-state index < -0.39 is 5.91 Å². The average Bonchev–Trinajstić information content (AvgIpc) is 2.66. The third-order valence-electron chi connectivity index (χ3n) is 2.02. The molecule has 7 heteroatoms. The van der Waals surface area contributed by atoms with Crippen LogP contribution in [0.25, 0.3) is 0 Å². The molecule has 0 saturated heterocycles. The number of amides is 1. The highest BCUT2D eigenvalue weighted by Gasteiger charge is 2.11. The highest BCUT2D eigenvalue weighted by molar-refractivity contribution is 7.13. The quantitative estimate of drug-likeness (QED) is 0.759. The van der Waals surface area contributed by atoms with E-state index in [1.807, 2.05) is 12.3 Å². The zero-order valence-corrected chi connectivity index (χ0v) is 9.91. The molecular formula is C10H11N5OS. The number of rotatable bonds is 3. The molecular weight excluding hydrogens is 238 g/mol. The molecule has 17 heavy (non-hydrogen) atoms. The smallest absolute Gasteiger partial charge is 0.252 e. The molecule has 2 rings (SSSR count). The Morgan fingerprint density at radius 2 is 2.29 bits per heavy atom. The Balaban J connectivity index is 2.35. The van der Waals surface area contributed by atoms with Crippen molar-refractivity contribution in [3.05, 3.63) is 28.9 Å². The molecule has 0 aliphatic heterocycles. The molecule has 0 radical (unpaired) electrons. The molecule has 0 saturated carbocycles. The summed E-state index contributed by atoms with van der Waals surface area (Å²) >= 11 is 1.42. The Kier molecular flexibility index (Phi) is 2.92. The summed E-state index contributed by atoms with van der Waals surface area (Å²) in [7, 11) is 0. The van der Waals surface area contributed by atoms with Crippen molar-refractivity contribution in [3.63, 3.8) is 0 Å². The zero-order chi connectivity index (χ0) is 12.4. The number of nitrogens with two attached hydrogens (primary N) is 2. The second-order valence-corrected chi connectivity index (χ2v) is 4.31. The number of carbonyl (C=O) groups excluding carboxylic acids is 1. The minimum Gasteiger partial charge on any atom is -0.397 e. The van der Waals surface area contributed by atoms with Crippen LogP contribution in [0.1, 0.15) is 16.1 Å². The maximum absolute atomic E-state index is 11.2. The van der Waals surface area contributed by atoms with Gasteiger partial charge in [-0.2, -0.15) is 0 Å². The molecule has 0 fully saturated rings. The molecule has 2 aromatic heterocycles. The molecule has 88 valence electrons. The maximum Gasteiger partial charge on any atom is 0.252 e. The topological polar surface area (TPSA) is 107 Å². The standard InChI is InChI=1S/C10H11N5OS/c1-5-4-17-10(14-5)15-9-7(8(12)16)2-6(11)3-13-9/h2-4H,11H2,1H3,(H2,12,16)(H,13,14,15). The lowest BCUT2D eigenvalue weighted by molar-refractivity contribution is 0.100. The van der Waals surface area contributed by atoms with Gasteiger partial charge in [0, 0.05) is 5.38 Å². The van der Waals surface area contributed by atoms with Gasteiger partial charge in [-0.25, -0.2) is 9.97 Å². The van der Waals surface area contributed by atoms with E-state index in [1.165, 1.54) is 23.6 Å². The Morgan fingerprint density at radius 3 is 2.88 bits per heavy atom.